The van der Waals surface area contributed by atoms with Gasteiger partial charge in [0.1, 0.15) is 11.9 Å². The molecular formula is C26H24N2O7. The second-order valence-electron chi connectivity index (χ2n) is 9.36. The SMILES string of the molecule is COc1ccc(C2=NO[C@@H]3[C@H]4C[C@H]([C@@H]23)[C@H]2C(=O)N(c3ccc(OC(C)=O)cc3)C(=O)[C@@H]42)cc1OC. The van der Waals surface area contributed by atoms with Crippen LogP contribution in [0.5, 0.6) is 17.2 Å². The number of rotatable bonds is 5. The predicted octanol–water partition coefficient (Wildman–Crippen LogP) is 2.80. The molecule has 6 rings (SSSR count). The minimum atomic E-state index is -0.435. The average Bonchev–Trinajstić information content (AvgIpc) is 3.59. The summed E-state index contributed by atoms with van der Waals surface area (Å²) in [6.07, 6.45) is 0.528. The lowest BCUT2D eigenvalue weighted by atomic mass is 9.71. The normalized spacial score (nSPS) is 30.0. The van der Waals surface area contributed by atoms with Crippen LogP contribution in [0.15, 0.2) is 47.6 Å². The number of nitrogens with zero attached hydrogens (tertiary/aromatic N) is 2. The number of fused-ring (bicyclic) bond motifs is 8. The van der Waals surface area contributed by atoms with E-state index in [2.05, 4.69) is 5.16 Å². The molecule has 2 aromatic rings. The van der Waals surface area contributed by atoms with Crippen molar-refractivity contribution in [3.8, 4) is 17.2 Å². The molecule has 2 amide bonds. The summed E-state index contributed by atoms with van der Waals surface area (Å²) >= 11 is 0. The number of carbonyl (C=O) groups excluding carboxylic acids is 3. The molecular weight excluding hydrogens is 452 g/mol. The monoisotopic (exact) mass is 476 g/mol. The molecule has 2 aliphatic heterocycles. The largest absolute Gasteiger partial charge is 0.493 e. The van der Waals surface area contributed by atoms with E-state index in [-0.39, 0.29) is 35.7 Å². The van der Waals surface area contributed by atoms with E-state index >= 15 is 0 Å². The van der Waals surface area contributed by atoms with Gasteiger partial charge in [0.25, 0.3) is 0 Å². The van der Waals surface area contributed by atoms with Gasteiger partial charge < -0.3 is 19.0 Å². The quantitative estimate of drug-likeness (QED) is 0.371. The summed E-state index contributed by atoms with van der Waals surface area (Å²) < 4.78 is 15.9. The molecule has 0 N–H and O–H groups in total. The first-order chi connectivity index (χ1) is 16.9. The Labute approximate surface area is 201 Å². The lowest BCUT2D eigenvalue weighted by Gasteiger charge is -2.29. The van der Waals surface area contributed by atoms with Crippen LogP contribution in [0.4, 0.5) is 5.69 Å². The molecule has 2 heterocycles. The van der Waals surface area contributed by atoms with Gasteiger partial charge in [0.15, 0.2) is 11.5 Å². The second-order valence-corrected chi connectivity index (χ2v) is 9.36. The summed E-state index contributed by atoms with van der Waals surface area (Å²) in [5, 5.41) is 4.39. The fourth-order valence-electron chi connectivity index (χ4n) is 6.44. The first-order valence-corrected chi connectivity index (χ1v) is 11.5. The maximum Gasteiger partial charge on any atom is 0.308 e. The topological polar surface area (TPSA) is 104 Å². The van der Waals surface area contributed by atoms with Gasteiger partial charge in [-0.3, -0.25) is 19.3 Å². The van der Waals surface area contributed by atoms with E-state index < -0.39 is 17.8 Å². The number of amides is 2. The molecule has 2 aromatic carbocycles. The maximum atomic E-state index is 13.6. The minimum absolute atomic E-state index is 0.0360. The Hall–Kier alpha value is -3.88. The highest BCUT2D eigenvalue weighted by Gasteiger charge is 2.70. The molecule has 0 radical (unpaired) electrons. The Morgan fingerprint density at radius 1 is 0.943 bits per heavy atom. The zero-order valence-electron chi connectivity index (χ0n) is 19.5. The van der Waals surface area contributed by atoms with Gasteiger partial charge in [0.05, 0.1) is 37.5 Å². The summed E-state index contributed by atoms with van der Waals surface area (Å²) in [6.45, 7) is 1.32. The van der Waals surface area contributed by atoms with Crippen molar-refractivity contribution in [1.29, 1.82) is 0 Å². The Morgan fingerprint density at radius 3 is 2.29 bits per heavy atom. The number of carbonyl (C=O) groups is 3. The van der Waals surface area contributed by atoms with Gasteiger partial charge in [-0.1, -0.05) is 5.16 Å². The highest BCUT2D eigenvalue weighted by Crippen LogP contribution is 2.62. The number of hydrogen-bond donors (Lipinski definition) is 0. The summed E-state index contributed by atoms with van der Waals surface area (Å²) in [5.41, 5.74) is 2.12. The van der Waals surface area contributed by atoms with E-state index in [4.69, 9.17) is 19.0 Å². The molecule has 35 heavy (non-hydrogen) atoms. The highest BCUT2D eigenvalue weighted by molar-refractivity contribution is 6.23. The van der Waals surface area contributed by atoms with E-state index in [1.807, 2.05) is 18.2 Å². The smallest absolute Gasteiger partial charge is 0.308 e. The van der Waals surface area contributed by atoms with Gasteiger partial charge in [-0.05, 0) is 54.8 Å². The van der Waals surface area contributed by atoms with Crippen LogP contribution in [-0.2, 0) is 19.2 Å². The first-order valence-electron chi connectivity index (χ1n) is 11.5. The summed E-state index contributed by atoms with van der Waals surface area (Å²) in [5.74, 6) is -0.253. The zero-order valence-corrected chi connectivity index (χ0v) is 19.5. The number of anilines is 1. The summed E-state index contributed by atoms with van der Waals surface area (Å²) in [6, 6.07) is 12.0. The van der Waals surface area contributed by atoms with Crippen LogP contribution in [0.1, 0.15) is 18.9 Å². The molecule has 6 atom stereocenters. The summed E-state index contributed by atoms with van der Waals surface area (Å²) in [7, 11) is 3.16. The Morgan fingerprint density at radius 2 is 1.63 bits per heavy atom. The van der Waals surface area contributed by atoms with E-state index in [1.54, 1.807) is 38.5 Å². The Bertz CT molecular complexity index is 1270. The molecule has 3 fully saturated rings. The number of hydrogen-bond acceptors (Lipinski definition) is 8. The van der Waals surface area contributed by atoms with Crippen LogP contribution in [0, 0.1) is 29.6 Å². The van der Waals surface area contributed by atoms with Crippen LogP contribution in [0.2, 0.25) is 0 Å². The van der Waals surface area contributed by atoms with E-state index in [1.165, 1.54) is 11.8 Å². The number of methoxy groups -OCH3 is 2. The van der Waals surface area contributed by atoms with Gasteiger partial charge in [0.2, 0.25) is 11.8 Å². The molecule has 1 saturated heterocycles. The maximum absolute atomic E-state index is 13.6. The van der Waals surface area contributed by atoms with Gasteiger partial charge in [-0.15, -0.1) is 0 Å². The molecule has 4 aliphatic rings. The van der Waals surface area contributed by atoms with Crippen LogP contribution in [0.25, 0.3) is 0 Å². The Balaban J connectivity index is 1.28. The molecule has 0 unspecified atom stereocenters. The van der Waals surface area contributed by atoms with E-state index in [9.17, 15) is 14.4 Å². The van der Waals surface area contributed by atoms with Crippen molar-refractivity contribution >= 4 is 29.2 Å². The molecule has 0 aromatic heterocycles. The van der Waals surface area contributed by atoms with Crippen LogP contribution < -0.4 is 19.1 Å². The molecule has 9 heteroatoms. The van der Waals surface area contributed by atoms with E-state index in [0.29, 0.717) is 22.9 Å². The van der Waals surface area contributed by atoms with Gasteiger partial charge in [-0.2, -0.15) is 0 Å². The van der Waals surface area contributed by atoms with Crippen LogP contribution >= 0.6 is 0 Å². The third-order valence-electron chi connectivity index (χ3n) is 7.73. The van der Waals surface area contributed by atoms with Crippen LogP contribution in [0.3, 0.4) is 0 Å². The number of oxime groups is 1. The molecule has 9 nitrogen and oxygen atoms in total. The zero-order chi connectivity index (χ0) is 24.4. The average molecular weight is 476 g/mol. The lowest BCUT2D eigenvalue weighted by Crippen LogP contribution is -2.41. The van der Waals surface area contributed by atoms with Crippen molar-refractivity contribution in [2.24, 2.45) is 34.7 Å². The Kier molecular flexibility index (Phi) is 4.84. The van der Waals surface area contributed by atoms with Gasteiger partial charge >= 0.3 is 5.97 Å². The minimum Gasteiger partial charge on any atom is -0.493 e. The summed E-state index contributed by atoms with van der Waals surface area (Å²) in [4.78, 5) is 45.4. The molecule has 0 spiro atoms. The first kappa shape index (κ1) is 21.6. The number of ether oxygens (including phenoxy) is 3. The highest BCUT2D eigenvalue weighted by atomic mass is 16.6. The second kappa shape index (κ2) is 7.83. The molecule has 180 valence electrons. The molecule has 2 saturated carbocycles. The third-order valence-corrected chi connectivity index (χ3v) is 7.73. The fraction of sp³-hybridized carbons (Fsp3) is 0.385. The van der Waals surface area contributed by atoms with Gasteiger partial charge in [-0.25, -0.2) is 0 Å². The van der Waals surface area contributed by atoms with Gasteiger partial charge in [0, 0.05) is 24.3 Å². The van der Waals surface area contributed by atoms with Crippen molar-refractivity contribution in [2.75, 3.05) is 19.1 Å². The standard InChI is InChI=1S/C26H24N2O7/c1-12(29)34-15-7-5-14(6-8-15)28-25(30)20-16-11-17(21(20)26(28)31)24-22(16)23(27-35-24)13-4-9-18(32-2)19(10-13)33-3/h4-10,16-17,20-22,24H,11H2,1-3H3/t16-,17-,20+,21-,22-,24+/m0/s1. The predicted molar refractivity (Wildman–Crippen MR) is 123 cm³/mol. The van der Waals surface area contributed by atoms with Crippen molar-refractivity contribution in [2.45, 2.75) is 19.4 Å². The van der Waals surface area contributed by atoms with E-state index in [0.717, 1.165) is 17.7 Å². The van der Waals surface area contributed by atoms with Crippen molar-refractivity contribution in [3.63, 3.8) is 0 Å². The van der Waals surface area contributed by atoms with Crippen molar-refractivity contribution < 1.29 is 33.4 Å². The fourth-order valence-corrected chi connectivity index (χ4v) is 6.44. The van der Waals surface area contributed by atoms with Crippen molar-refractivity contribution in [3.05, 3.63) is 48.0 Å². The number of esters is 1. The third kappa shape index (κ3) is 3.07. The molecule has 2 bridgehead atoms. The lowest BCUT2D eigenvalue weighted by molar-refractivity contribution is -0.132. The van der Waals surface area contributed by atoms with Crippen LogP contribution in [-0.4, -0.2) is 43.8 Å². The van der Waals surface area contributed by atoms with Crippen molar-refractivity contribution in [1.82, 2.24) is 0 Å². The number of benzene rings is 2. The number of imide groups is 1. The molecule has 2 aliphatic carbocycles.